The van der Waals surface area contributed by atoms with Crippen molar-refractivity contribution in [1.82, 2.24) is 0 Å². The monoisotopic (exact) mass is 808 g/mol. The van der Waals surface area contributed by atoms with Gasteiger partial charge in [0.2, 0.25) is 0 Å². The zero-order valence-corrected chi connectivity index (χ0v) is 37.0. The first-order valence-corrected chi connectivity index (χ1v) is 24.3. The molecule has 0 rings (SSSR count). The van der Waals surface area contributed by atoms with E-state index < -0.39 is 13.9 Å². The maximum Gasteiger partial charge on any atom is 0.472 e. The van der Waals surface area contributed by atoms with Gasteiger partial charge in [-0.25, -0.2) is 4.57 Å². The van der Waals surface area contributed by atoms with E-state index in [1.807, 2.05) is 0 Å². The van der Waals surface area contributed by atoms with Crippen molar-refractivity contribution >= 4 is 13.8 Å². The second-order valence-electron chi connectivity index (χ2n) is 14.9. The van der Waals surface area contributed by atoms with Crippen LogP contribution in [0.15, 0.2) is 60.8 Å². The van der Waals surface area contributed by atoms with Crippen molar-refractivity contribution in [3.8, 4) is 0 Å². The molecule has 0 spiro atoms. The molecule has 9 heteroatoms. The summed E-state index contributed by atoms with van der Waals surface area (Å²) in [5.74, 6) is -0.339. The van der Waals surface area contributed by atoms with Crippen molar-refractivity contribution in [2.24, 2.45) is 5.73 Å². The molecule has 0 heterocycles. The molecule has 8 nitrogen and oxygen atoms in total. The van der Waals surface area contributed by atoms with E-state index in [1.54, 1.807) is 0 Å². The molecule has 0 aliphatic carbocycles. The van der Waals surface area contributed by atoms with Crippen LogP contribution in [0.1, 0.15) is 194 Å². The fraction of sp³-hybridized carbons (Fsp3) is 0.766. The van der Waals surface area contributed by atoms with Gasteiger partial charge in [0.15, 0.2) is 0 Å². The Hall–Kier alpha value is -1.80. The number of hydrogen-bond acceptors (Lipinski definition) is 7. The fourth-order valence-corrected chi connectivity index (χ4v) is 6.91. The summed E-state index contributed by atoms with van der Waals surface area (Å²) >= 11 is 0. The van der Waals surface area contributed by atoms with E-state index >= 15 is 0 Å². The van der Waals surface area contributed by atoms with Gasteiger partial charge in [-0.3, -0.25) is 13.8 Å². The minimum absolute atomic E-state index is 0.0944. The van der Waals surface area contributed by atoms with E-state index in [4.69, 9.17) is 24.3 Å². The third kappa shape index (κ3) is 43.3. The molecule has 3 N–H and O–H groups in total. The largest absolute Gasteiger partial charge is 0.472 e. The molecule has 0 saturated heterocycles. The molecule has 0 saturated carbocycles. The van der Waals surface area contributed by atoms with Crippen LogP contribution in [0.5, 0.6) is 0 Å². The third-order valence-electron chi connectivity index (χ3n) is 9.45. The SMILES string of the molecule is CC/C=C\C/C=C\C/C=C\C/C=C\C/C=C\CCCCCCOCC(COP(=O)(O)OCCN)OC(=O)CCCCCCCCCCCCCCCCCCC. The average Bonchev–Trinajstić information content (AvgIpc) is 3.19. The lowest BCUT2D eigenvalue weighted by Gasteiger charge is -2.20. The highest BCUT2D eigenvalue weighted by molar-refractivity contribution is 7.47. The Morgan fingerprint density at radius 2 is 1.00 bits per heavy atom. The molecule has 326 valence electrons. The summed E-state index contributed by atoms with van der Waals surface area (Å²) in [5, 5.41) is 0. The van der Waals surface area contributed by atoms with E-state index in [9.17, 15) is 14.3 Å². The second kappa shape index (κ2) is 44.3. The van der Waals surface area contributed by atoms with Crippen LogP contribution in [0, 0.1) is 0 Å². The van der Waals surface area contributed by atoms with E-state index in [2.05, 4.69) is 74.6 Å². The first-order chi connectivity index (χ1) is 27.4. The van der Waals surface area contributed by atoms with Crippen molar-refractivity contribution < 1.29 is 32.8 Å². The third-order valence-corrected chi connectivity index (χ3v) is 10.4. The smallest absolute Gasteiger partial charge is 0.457 e. The van der Waals surface area contributed by atoms with Crippen molar-refractivity contribution in [1.29, 1.82) is 0 Å². The molecule has 0 amide bonds. The average molecular weight is 808 g/mol. The van der Waals surface area contributed by atoms with Crippen LogP contribution in [0.2, 0.25) is 0 Å². The zero-order valence-electron chi connectivity index (χ0n) is 36.1. The Kier molecular flexibility index (Phi) is 42.9. The molecule has 56 heavy (non-hydrogen) atoms. The minimum atomic E-state index is -4.29. The number of nitrogens with two attached hydrogens (primary N) is 1. The van der Waals surface area contributed by atoms with Crippen LogP contribution in [-0.2, 0) is 27.9 Å². The lowest BCUT2D eigenvalue weighted by Crippen LogP contribution is -2.28. The first-order valence-electron chi connectivity index (χ1n) is 22.8. The zero-order chi connectivity index (χ0) is 40.9. The molecule has 0 bridgehead atoms. The topological polar surface area (TPSA) is 117 Å². The molecule has 0 aromatic rings. The summed E-state index contributed by atoms with van der Waals surface area (Å²) in [7, 11) is -4.29. The van der Waals surface area contributed by atoms with Crippen molar-refractivity contribution in [3.63, 3.8) is 0 Å². The number of allylic oxidation sites excluding steroid dienone is 10. The molecule has 0 aromatic carbocycles. The van der Waals surface area contributed by atoms with Gasteiger partial charge in [-0.15, -0.1) is 0 Å². The summed E-state index contributed by atoms with van der Waals surface area (Å²) in [6.45, 7) is 4.76. The van der Waals surface area contributed by atoms with Crippen LogP contribution >= 0.6 is 7.82 Å². The van der Waals surface area contributed by atoms with Gasteiger partial charge in [-0.2, -0.15) is 0 Å². The molecule has 2 atom stereocenters. The normalized spacial score (nSPS) is 14.0. The van der Waals surface area contributed by atoms with Crippen molar-refractivity contribution in [2.45, 2.75) is 200 Å². The highest BCUT2D eigenvalue weighted by Crippen LogP contribution is 2.43. The molecule has 0 aliphatic rings. The highest BCUT2D eigenvalue weighted by atomic mass is 31.2. The van der Waals surface area contributed by atoms with Crippen LogP contribution in [-0.4, -0.2) is 49.9 Å². The van der Waals surface area contributed by atoms with Gasteiger partial charge in [-0.1, -0.05) is 190 Å². The van der Waals surface area contributed by atoms with Crippen molar-refractivity contribution in [2.75, 3.05) is 33.0 Å². The van der Waals surface area contributed by atoms with Gasteiger partial charge in [0.05, 0.1) is 19.8 Å². The number of carbonyl (C=O) groups is 1. The molecule has 0 fully saturated rings. The first kappa shape index (κ1) is 54.2. The predicted molar refractivity (Wildman–Crippen MR) is 238 cm³/mol. The molecule has 0 aliphatic heterocycles. The van der Waals surface area contributed by atoms with Gasteiger partial charge in [0.1, 0.15) is 6.10 Å². The number of ether oxygens (including phenoxy) is 2. The van der Waals surface area contributed by atoms with Gasteiger partial charge in [0, 0.05) is 19.6 Å². The number of hydrogen-bond donors (Lipinski definition) is 2. The van der Waals surface area contributed by atoms with Gasteiger partial charge >= 0.3 is 13.8 Å². The molecule has 0 radical (unpaired) electrons. The van der Waals surface area contributed by atoms with Crippen LogP contribution < -0.4 is 5.73 Å². The van der Waals surface area contributed by atoms with Crippen LogP contribution in [0.4, 0.5) is 0 Å². The van der Waals surface area contributed by atoms with Gasteiger partial charge in [0.25, 0.3) is 0 Å². The summed E-state index contributed by atoms with van der Waals surface area (Å²) < 4.78 is 33.5. The maximum atomic E-state index is 12.6. The molecule has 2 unspecified atom stereocenters. The van der Waals surface area contributed by atoms with E-state index in [0.717, 1.165) is 83.5 Å². The number of phosphoric ester groups is 1. The minimum Gasteiger partial charge on any atom is -0.457 e. The molecular weight excluding hydrogens is 721 g/mol. The number of unbranched alkanes of at least 4 members (excludes halogenated alkanes) is 20. The van der Waals surface area contributed by atoms with Gasteiger partial charge in [-0.05, 0) is 57.8 Å². The number of rotatable bonds is 43. The maximum absolute atomic E-state index is 12.6. The number of carbonyl (C=O) groups excluding carboxylic acids is 1. The van der Waals surface area contributed by atoms with Crippen molar-refractivity contribution in [3.05, 3.63) is 60.8 Å². The predicted octanol–water partition coefficient (Wildman–Crippen LogP) is 13.8. The summed E-state index contributed by atoms with van der Waals surface area (Å²) in [6, 6.07) is 0. The van der Waals surface area contributed by atoms with E-state index in [0.29, 0.717) is 13.0 Å². The van der Waals surface area contributed by atoms with E-state index in [-0.39, 0.29) is 32.3 Å². The number of phosphoric acid groups is 1. The highest BCUT2D eigenvalue weighted by Gasteiger charge is 2.25. The van der Waals surface area contributed by atoms with E-state index in [1.165, 1.54) is 89.9 Å². The lowest BCUT2D eigenvalue weighted by atomic mass is 10.0. The Balaban J connectivity index is 4.06. The standard InChI is InChI=1S/C47H86NO7P/c1-3-5-7-9-11-13-15-17-19-21-22-23-25-27-29-31-33-35-37-39-42-52-44-46(45-54-56(50,51)53-43-41-48)55-47(49)40-38-36-34-32-30-28-26-24-20-18-16-14-12-10-8-6-4-2/h5,7,11,13,17,19,22-23,27,29,46H,3-4,6,8-10,12,14-16,18,20-21,24-26,28,30-45,48H2,1-2H3,(H,50,51)/b7-5-,13-11-,19-17-,23-22-,29-27-. The Labute approximate surface area is 344 Å². The number of esters is 1. The Morgan fingerprint density at radius 3 is 1.50 bits per heavy atom. The summed E-state index contributed by atoms with van der Waals surface area (Å²) in [4.78, 5) is 22.5. The second-order valence-corrected chi connectivity index (χ2v) is 16.3. The quantitative estimate of drug-likeness (QED) is 0.0271. The summed E-state index contributed by atoms with van der Waals surface area (Å²) in [6.07, 6.45) is 53.8. The summed E-state index contributed by atoms with van der Waals surface area (Å²) in [5.41, 5.74) is 5.37. The molecule has 0 aromatic heterocycles. The van der Waals surface area contributed by atoms with Gasteiger partial charge < -0.3 is 20.1 Å². The fourth-order valence-electron chi connectivity index (χ4n) is 6.14. The molecular formula is C47H86NO7P. The van der Waals surface area contributed by atoms with Crippen LogP contribution in [0.25, 0.3) is 0 Å². The lowest BCUT2D eigenvalue weighted by molar-refractivity contribution is -0.154. The Bertz CT molecular complexity index is 1040. The van der Waals surface area contributed by atoms with Crippen LogP contribution in [0.3, 0.4) is 0 Å². The Morgan fingerprint density at radius 1 is 0.554 bits per heavy atom.